The molecule has 1 aliphatic rings. The van der Waals surface area contributed by atoms with Crippen molar-refractivity contribution in [2.45, 2.75) is 38.3 Å². The lowest BCUT2D eigenvalue weighted by Gasteiger charge is -2.38. The minimum Gasteiger partial charge on any atom is -0.480 e. The summed E-state index contributed by atoms with van der Waals surface area (Å²) in [6, 6.07) is 7.74. The Bertz CT molecular complexity index is 813. The summed E-state index contributed by atoms with van der Waals surface area (Å²) in [4.78, 5) is 24.6. The molecule has 0 unspecified atom stereocenters. The number of nitrogens with one attached hydrogen (secondary N) is 1. The van der Waals surface area contributed by atoms with Crippen LogP contribution in [0.4, 0.5) is 4.39 Å². The molecule has 132 valence electrons. The van der Waals surface area contributed by atoms with E-state index >= 15 is 0 Å². The number of hydrogen-bond donors (Lipinski definition) is 2. The van der Waals surface area contributed by atoms with Crippen molar-refractivity contribution < 1.29 is 23.8 Å². The maximum absolute atomic E-state index is 13.8. The summed E-state index contributed by atoms with van der Waals surface area (Å²) >= 11 is 1.20. The van der Waals surface area contributed by atoms with Gasteiger partial charge in [0.2, 0.25) is 0 Å². The molecular weight excluding hydrogens is 345 g/mol. The number of carboxylic acid groups (broad SMARTS) is 1. The highest BCUT2D eigenvalue weighted by Gasteiger charge is 2.43. The Morgan fingerprint density at radius 1 is 1.32 bits per heavy atom. The van der Waals surface area contributed by atoms with Crippen LogP contribution in [0, 0.1) is 12.7 Å². The Labute approximate surface area is 148 Å². The summed E-state index contributed by atoms with van der Waals surface area (Å²) in [5, 5.41) is 12.4. The molecule has 1 heterocycles. The van der Waals surface area contributed by atoms with E-state index in [-0.39, 0.29) is 5.75 Å². The number of aryl methyl sites for hydroxylation is 1. The normalized spacial score (nSPS) is 15.4. The third kappa shape index (κ3) is 3.72. The lowest BCUT2D eigenvalue weighted by atomic mass is 9.77. The van der Waals surface area contributed by atoms with E-state index in [4.69, 9.17) is 4.74 Å². The number of halogens is 1. The highest BCUT2D eigenvalue weighted by molar-refractivity contribution is 7.13. The summed E-state index contributed by atoms with van der Waals surface area (Å²) in [7, 11) is 0. The van der Waals surface area contributed by atoms with Crippen molar-refractivity contribution in [3.05, 3.63) is 51.5 Å². The number of rotatable bonds is 6. The van der Waals surface area contributed by atoms with Gasteiger partial charge in [0.1, 0.15) is 10.4 Å². The fourth-order valence-electron chi connectivity index (χ4n) is 2.67. The van der Waals surface area contributed by atoms with Crippen LogP contribution in [0.2, 0.25) is 0 Å². The lowest BCUT2D eigenvalue weighted by molar-refractivity contribution is -0.148. The smallest absolute Gasteiger partial charge is 0.353 e. The van der Waals surface area contributed by atoms with Crippen LogP contribution in [0.15, 0.2) is 30.3 Å². The second-order valence-corrected chi connectivity index (χ2v) is 7.35. The zero-order valence-corrected chi connectivity index (χ0v) is 14.5. The zero-order chi connectivity index (χ0) is 18.0. The molecule has 1 aromatic heterocycles. The Kier molecular flexibility index (Phi) is 4.87. The van der Waals surface area contributed by atoms with Crippen molar-refractivity contribution in [1.82, 2.24) is 5.32 Å². The topological polar surface area (TPSA) is 75.6 Å². The van der Waals surface area contributed by atoms with Crippen LogP contribution >= 0.6 is 11.3 Å². The van der Waals surface area contributed by atoms with Gasteiger partial charge in [-0.25, -0.2) is 9.18 Å². The fourth-order valence-corrected chi connectivity index (χ4v) is 3.50. The maximum atomic E-state index is 13.8. The number of aliphatic carboxylic acids is 1. The molecule has 0 saturated heterocycles. The Morgan fingerprint density at radius 3 is 2.68 bits per heavy atom. The minimum atomic E-state index is -0.851. The molecule has 2 aromatic rings. The van der Waals surface area contributed by atoms with Crippen LogP contribution in [0.5, 0.6) is 5.75 Å². The fraction of sp³-hybridized carbons (Fsp3) is 0.333. The number of esters is 1. The predicted molar refractivity (Wildman–Crippen MR) is 91.5 cm³/mol. The molecule has 2 N–H and O–H groups in total. The minimum absolute atomic E-state index is 0.108. The number of ether oxygens (including phenoxy) is 1. The average molecular weight is 363 g/mol. The molecule has 1 saturated carbocycles. The van der Waals surface area contributed by atoms with Crippen LogP contribution in [-0.4, -0.2) is 22.6 Å². The van der Waals surface area contributed by atoms with Crippen LogP contribution in [-0.2, 0) is 11.3 Å². The molecule has 3 rings (SSSR count). The number of carbonyl (C=O) groups excluding carboxylic acids is 1. The van der Waals surface area contributed by atoms with E-state index in [2.05, 4.69) is 5.32 Å². The van der Waals surface area contributed by atoms with E-state index in [0.717, 1.165) is 16.9 Å². The van der Waals surface area contributed by atoms with Crippen LogP contribution in [0.25, 0.3) is 0 Å². The molecule has 1 aromatic carbocycles. The molecule has 1 fully saturated rings. The van der Waals surface area contributed by atoms with Crippen molar-refractivity contribution in [1.29, 1.82) is 0 Å². The van der Waals surface area contributed by atoms with Gasteiger partial charge in [0.15, 0.2) is 11.6 Å². The first-order chi connectivity index (χ1) is 11.9. The van der Waals surface area contributed by atoms with Gasteiger partial charge < -0.3 is 9.84 Å². The molecule has 1 aliphatic carbocycles. The van der Waals surface area contributed by atoms with Gasteiger partial charge in [0.05, 0.1) is 0 Å². The van der Waals surface area contributed by atoms with Crippen LogP contribution in [0.1, 0.15) is 39.4 Å². The van der Waals surface area contributed by atoms with E-state index in [1.807, 2.05) is 0 Å². The Balaban J connectivity index is 1.62. The Hall–Kier alpha value is -2.25. The van der Waals surface area contributed by atoms with Gasteiger partial charge in [-0.05, 0) is 56.0 Å². The average Bonchev–Trinajstić information content (AvgIpc) is 2.97. The lowest BCUT2D eigenvalue weighted by Crippen LogP contribution is -2.56. The highest BCUT2D eigenvalue weighted by atomic mass is 32.1. The van der Waals surface area contributed by atoms with E-state index in [9.17, 15) is 19.1 Å². The first-order valence-electron chi connectivity index (χ1n) is 7.95. The summed E-state index contributed by atoms with van der Waals surface area (Å²) in [5.41, 5.74) is -0.111. The van der Waals surface area contributed by atoms with Gasteiger partial charge in [-0.3, -0.25) is 10.1 Å². The molecular formula is C18H18FNO4S. The molecule has 0 amide bonds. The number of hydrogen-bond acceptors (Lipinski definition) is 5. The second-order valence-electron chi connectivity index (χ2n) is 6.18. The molecule has 0 radical (unpaired) electrons. The third-order valence-electron chi connectivity index (χ3n) is 4.37. The molecule has 7 heteroatoms. The van der Waals surface area contributed by atoms with Crippen molar-refractivity contribution in [3.8, 4) is 5.75 Å². The van der Waals surface area contributed by atoms with E-state index in [1.54, 1.807) is 25.1 Å². The molecule has 5 nitrogen and oxygen atoms in total. The molecule has 0 atom stereocenters. The van der Waals surface area contributed by atoms with Crippen LogP contribution < -0.4 is 10.1 Å². The molecule has 0 bridgehead atoms. The summed E-state index contributed by atoms with van der Waals surface area (Å²) < 4.78 is 18.9. The summed E-state index contributed by atoms with van der Waals surface area (Å²) in [6.07, 6.45) is 2.11. The van der Waals surface area contributed by atoms with Gasteiger partial charge >= 0.3 is 11.9 Å². The third-order valence-corrected chi connectivity index (χ3v) is 5.44. The molecule has 0 aliphatic heterocycles. The van der Waals surface area contributed by atoms with Gasteiger partial charge in [0.25, 0.3) is 0 Å². The Morgan fingerprint density at radius 2 is 2.08 bits per heavy atom. The monoisotopic (exact) mass is 363 g/mol. The largest absolute Gasteiger partial charge is 0.480 e. The number of benzene rings is 1. The van der Waals surface area contributed by atoms with Crippen LogP contribution in [0.3, 0.4) is 0 Å². The van der Waals surface area contributed by atoms with Crippen molar-refractivity contribution in [2.24, 2.45) is 0 Å². The number of carboxylic acids is 1. The first-order valence-corrected chi connectivity index (χ1v) is 8.77. The first kappa shape index (κ1) is 17.6. The van der Waals surface area contributed by atoms with E-state index in [1.165, 1.54) is 23.5 Å². The maximum Gasteiger partial charge on any atom is 0.353 e. The quantitative estimate of drug-likeness (QED) is 0.607. The second kappa shape index (κ2) is 6.93. The van der Waals surface area contributed by atoms with Gasteiger partial charge in [0, 0.05) is 11.4 Å². The summed E-state index contributed by atoms with van der Waals surface area (Å²) in [5.74, 6) is -2.16. The van der Waals surface area contributed by atoms with Crippen molar-refractivity contribution >= 4 is 23.3 Å². The van der Waals surface area contributed by atoms with E-state index in [0.29, 0.717) is 24.3 Å². The van der Waals surface area contributed by atoms with E-state index < -0.39 is 23.3 Å². The predicted octanol–water partition coefficient (Wildman–Crippen LogP) is 3.51. The standard InChI is InChI=1S/C18H18FNO4S/c1-11-3-5-14(13(19)9-11)24-16(21)15-6-4-12(25-15)10-20-18(17(22)23)7-2-8-18/h3-6,9,20H,2,7-8,10H2,1H3,(H,22,23). The highest BCUT2D eigenvalue weighted by Crippen LogP contribution is 2.33. The molecule has 25 heavy (non-hydrogen) atoms. The SMILES string of the molecule is Cc1ccc(OC(=O)c2ccc(CNC3(C(=O)O)CCC3)s2)c(F)c1. The van der Waals surface area contributed by atoms with Gasteiger partial charge in [-0.1, -0.05) is 6.07 Å². The van der Waals surface area contributed by atoms with Crippen molar-refractivity contribution in [3.63, 3.8) is 0 Å². The van der Waals surface area contributed by atoms with Gasteiger partial charge in [-0.15, -0.1) is 11.3 Å². The summed E-state index contributed by atoms with van der Waals surface area (Å²) in [6.45, 7) is 2.11. The number of carbonyl (C=O) groups is 2. The van der Waals surface area contributed by atoms with Crippen molar-refractivity contribution in [2.75, 3.05) is 0 Å². The zero-order valence-electron chi connectivity index (χ0n) is 13.7. The number of thiophene rings is 1. The molecule has 0 spiro atoms. The van der Waals surface area contributed by atoms with Gasteiger partial charge in [-0.2, -0.15) is 0 Å².